The van der Waals surface area contributed by atoms with Crippen LogP contribution in [0.2, 0.25) is 0 Å². The lowest BCUT2D eigenvalue weighted by molar-refractivity contribution is 0.568. The first-order valence-corrected chi connectivity index (χ1v) is 8.10. The second-order valence-corrected chi connectivity index (χ2v) is 7.21. The van der Waals surface area contributed by atoms with Crippen molar-refractivity contribution in [3.63, 3.8) is 0 Å². The molecule has 0 fully saturated rings. The van der Waals surface area contributed by atoms with Gasteiger partial charge in [-0.15, -0.1) is 0 Å². The fourth-order valence-corrected chi connectivity index (χ4v) is 2.73. The number of hydrogen-bond donors (Lipinski definition) is 1. The van der Waals surface area contributed by atoms with E-state index in [-0.39, 0.29) is 11.8 Å². The summed E-state index contributed by atoms with van der Waals surface area (Å²) in [5.74, 6) is 0.557. The molecule has 2 unspecified atom stereocenters. The Hall–Kier alpha value is -0.870. The lowest BCUT2D eigenvalue weighted by atomic mass is 9.95. The zero-order valence-electron chi connectivity index (χ0n) is 11.4. The van der Waals surface area contributed by atoms with Gasteiger partial charge >= 0.3 is 0 Å². The minimum absolute atomic E-state index is 0.145. The lowest BCUT2D eigenvalue weighted by Gasteiger charge is -2.14. The lowest BCUT2D eigenvalue weighted by Crippen LogP contribution is -2.15. The third-order valence-corrected chi connectivity index (χ3v) is 4.99. The van der Waals surface area contributed by atoms with Crippen molar-refractivity contribution in [1.82, 2.24) is 0 Å². The van der Waals surface area contributed by atoms with Gasteiger partial charge in [-0.3, -0.25) is 0 Å². The standard InChI is InChI=1S/C14H23NO2S/c1-4-18(16,17)14-9-7-13(8-10-14)11(2)5-6-12(3)15/h7-12H,4-6,15H2,1-3H3. The zero-order chi connectivity index (χ0) is 13.8. The molecule has 1 aromatic carbocycles. The van der Waals surface area contributed by atoms with Gasteiger partial charge < -0.3 is 5.73 Å². The van der Waals surface area contributed by atoms with Crippen LogP contribution in [0.25, 0.3) is 0 Å². The maximum atomic E-state index is 11.7. The molecule has 18 heavy (non-hydrogen) atoms. The molecule has 0 aliphatic carbocycles. The van der Waals surface area contributed by atoms with E-state index in [9.17, 15) is 8.42 Å². The molecule has 0 saturated heterocycles. The SMILES string of the molecule is CCS(=O)(=O)c1ccc(C(C)CCC(C)N)cc1. The van der Waals surface area contributed by atoms with Gasteiger partial charge in [0.15, 0.2) is 9.84 Å². The Morgan fingerprint density at radius 1 is 1.11 bits per heavy atom. The van der Waals surface area contributed by atoms with Crippen molar-refractivity contribution in [1.29, 1.82) is 0 Å². The molecular weight excluding hydrogens is 246 g/mol. The van der Waals surface area contributed by atoms with E-state index in [1.807, 2.05) is 19.1 Å². The van der Waals surface area contributed by atoms with E-state index in [1.54, 1.807) is 19.1 Å². The molecule has 2 atom stereocenters. The molecule has 2 N–H and O–H groups in total. The van der Waals surface area contributed by atoms with Gasteiger partial charge in [0.25, 0.3) is 0 Å². The highest BCUT2D eigenvalue weighted by atomic mass is 32.2. The maximum absolute atomic E-state index is 11.7. The monoisotopic (exact) mass is 269 g/mol. The van der Waals surface area contributed by atoms with Gasteiger partial charge in [0, 0.05) is 6.04 Å². The summed E-state index contributed by atoms with van der Waals surface area (Å²) >= 11 is 0. The van der Waals surface area contributed by atoms with Gasteiger partial charge in [-0.25, -0.2) is 8.42 Å². The Morgan fingerprint density at radius 2 is 1.67 bits per heavy atom. The summed E-state index contributed by atoms with van der Waals surface area (Å²) in [6.45, 7) is 5.81. The molecule has 0 bridgehead atoms. The molecule has 0 aliphatic heterocycles. The topological polar surface area (TPSA) is 60.2 Å². The van der Waals surface area contributed by atoms with Gasteiger partial charge in [0.1, 0.15) is 0 Å². The Bertz CT molecular complexity index is 463. The van der Waals surface area contributed by atoms with Crippen LogP contribution in [0.5, 0.6) is 0 Å². The van der Waals surface area contributed by atoms with Gasteiger partial charge in [0.2, 0.25) is 0 Å². The van der Waals surface area contributed by atoms with Crippen LogP contribution in [0, 0.1) is 0 Å². The molecule has 0 spiro atoms. The summed E-state index contributed by atoms with van der Waals surface area (Å²) in [6, 6.07) is 7.45. The first-order valence-electron chi connectivity index (χ1n) is 6.45. The van der Waals surface area contributed by atoms with Crippen molar-refractivity contribution in [2.24, 2.45) is 5.73 Å². The van der Waals surface area contributed by atoms with E-state index in [2.05, 4.69) is 6.92 Å². The van der Waals surface area contributed by atoms with Gasteiger partial charge in [-0.2, -0.15) is 0 Å². The predicted octanol–water partition coefficient (Wildman–Crippen LogP) is 2.71. The first-order chi connectivity index (χ1) is 8.36. The summed E-state index contributed by atoms with van der Waals surface area (Å²) in [7, 11) is -3.09. The van der Waals surface area contributed by atoms with Crippen molar-refractivity contribution in [2.45, 2.75) is 50.5 Å². The Morgan fingerprint density at radius 3 is 2.11 bits per heavy atom. The zero-order valence-corrected chi connectivity index (χ0v) is 12.2. The molecule has 0 aliphatic rings. The molecule has 1 aromatic rings. The number of sulfone groups is 1. The summed E-state index contributed by atoms with van der Waals surface area (Å²) in [6.07, 6.45) is 2.01. The normalized spacial score (nSPS) is 15.3. The number of nitrogens with two attached hydrogens (primary N) is 1. The Balaban J connectivity index is 2.77. The summed E-state index contributed by atoms with van der Waals surface area (Å²) in [5, 5.41) is 0. The molecular formula is C14H23NO2S. The van der Waals surface area contributed by atoms with E-state index >= 15 is 0 Å². The minimum atomic E-state index is -3.09. The summed E-state index contributed by atoms with van der Waals surface area (Å²) < 4.78 is 23.4. The maximum Gasteiger partial charge on any atom is 0.178 e. The van der Waals surface area contributed by atoms with Crippen molar-refractivity contribution in [3.8, 4) is 0 Å². The molecule has 0 aromatic heterocycles. The van der Waals surface area contributed by atoms with Gasteiger partial charge in [-0.05, 0) is 43.4 Å². The quantitative estimate of drug-likeness (QED) is 0.863. The fourth-order valence-electron chi connectivity index (χ4n) is 1.85. The molecule has 1 rings (SSSR count). The largest absolute Gasteiger partial charge is 0.328 e. The van der Waals surface area contributed by atoms with Crippen LogP contribution in [0.15, 0.2) is 29.2 Å². The van der Waals surface area contributed by atoms with Crippen LogP contribution in [0.1, 0.15) is 45.1 Å². The average molecular weight is 269 g/mol. The summed E-state index contributed by atoms with van der Waals surface area (Å²) in [4.78, 5) is 0.410. The van der Waals surface area contributed by atoms with Crippen LogP contribution in [-0.4, -0.2) is 20.2 Å². The van der Waals surface area contributed by atoms with Crippen LogP contribution < -0.4 is 5.73 Å². The van der Waals surface area contributed by atoms with Crippen molar-refractivity contribution < 1.29 is 8.42 Å². The molecule has 3 nitrogen and oxygen atoms in total. The predicted molar refractivity (Wildman–Crippen MR) is 75.5 cm³/mol. The van der Waals surface area contributed by atoms with Gasteiger partial charge in [0.05, 0.1) is 10.6 Å². The molecule has 0 amide bonds. The summed E-state index contributed by atoms with van der Waals surface area (Å²) in [5.41, 5.74) is 6.91. The van der Waals surface area contributed by atoms with E-state index in [0.29, 0.717) is 10.8 Å². The highest BCUT2D eigenvalue weighted by Gasteiger charge is 2.12. The van der Waals surface area contributed by atoms with E-state index in [0.717, 1.165) is 12.8 Å². The van der Waals surface area contributed by atoms with E-state index in [4.69, 9.17) is 5.73 Å². The van der Waals surface area contributed by atoms with Crippen LogP contribution in [0.3, 0.4) is 0 Å². The Kier molecular flexibility index (Phi) is 5.35. The second kappa shape index (κ2) is 6.34. The second-order valence-electron chi connectivity index (χ2n) is 4.93. The van der Waals surface area contributed by atoms with Gasteiger partial charge in [-0.1, -0.05) is 26.0 Å². The van der Waals surface area contributed by atoms with Crippen molar-refractivity contribution >= 4 is 9.84 Å². The van der Waals surface area contributed by atoms with Crippen molar-refractivity contribution in [3.05, 3.63) is 29.8 Å². The number of hydrogen-bond acceptors (Lipinski definition) is 3. The highest BCUT2D eigenvalue weighted by molar-refractivity contribution is 7.91. The van der Waals surface area contributed by atoms with Crippen molar-refractivity contribution in [2.75, 3.05) is 5.75 Å². The average Bonchev–Trinajstić information content (AvgIpc) is 2.36. The first kappa shape index (κ1) is 15.2. The number of benzene rings is 1. The Labute approximate surface area is 110 Å². The van der Waals surface area contributed by atoms with Crippen LogP contribution >= 0.6 is 0 Å². The molecule has 4 heteroatoms. The smallest absolute Gasteiger partial charge is 0.178 e. The minimum Gasteiger partial charge on any atom is -0.328 e. The molecule has 0 heterocycles. The van der Waals surface area contributed by atoms with Crippen LogP contribution in [-0.2, 0) is 9.84 Å². The van der Waals surface area contributed by atoms with E-state index in [1.165, 1.54) is 5.56 Å². The fraction of sp³-hybridized carbons (Fsp3) is 0.571. The van der Waals surface area contributed by atoms with E-state index < -0.39 is 9.84 Å². The van der Waals surface area contributed by atoms with Crippen LogP contribution in [0.4, 0.5) is 0 Å². The number of rotatable bonds is 6. The highest BCUT2D eigenvalue weighted by Crippen LogP contribution is 2.23. The molecule has 0 radical (unpaired) electrons. The third-order valence-electron chi connectivity index (χ3n) is 3.24. The third kappa shape index (κ3) is 4.10. The molecule has 0 saturated carbocycles. The molecule has 102 valence electrons.